The van der Waals surface area contributed by atoms with Crippen molar-refractivity contribution >= 4 is 11.6 Å². The van der Waals surface area contributed by atoms with Crippen LogP contribution in [0, 0.1) is 18.8 Å². The van der Waals surface area contributed by atoms with Crippen molar-refractivity contribution in [3.8, 4) is 0 Å². The molecule has 2 atom stereocenters. The summed E-state index contributed by atoms with van der Waals surface area (Å²) in [6.45, 7) is 8.01. The summed E-state index contributed by atoms with van der Waals surface area (Å²) in [5.74, 6) is 1.41. The minimum absolute atomic E-state index is 0.0485. The SMILES string of the molecule is CCNc1ccc(C)cc1C(=O)NCC1CCCCC1C. The smallest absolute Gasteiger partial charge is 0.253 e. The molecule has 0 aliphatic heterocycles. The Morgan fingerprint density at radius 2 is 2.05 bits per heavy atom. The van der Waals surface area contributed by atoms with Gasteiger partial charge in [0.25, 0.3) is 5.91 Å². The number of rotatable bonds is 5. The molecule has 0 bridgehead atoms. The highest BCUT2D eigenvalue weighted by Crippen LogP contribution is 2.29. The summed E-state index contributed by atoms with van der Waals surface area (Å²) in [6, 6.07) is 6.01. The fraction of sp³-hybridized carbons (Fsp3) is 0.611. The molecule has 2 N–H and O–H groups in total. The molecular formula is C18H28N2O. The Kier molecular flexibility index (Phi) is 5.66. The second kappa shape index (κ2) is 7.48. The Labute approximate surface area is 128 Å². The molecule has 1 aromatic rings. The number of carbonyl (C=O) groups excluding carboxylic acids is 1. The fourth-order valence-corrected chi connectivity index (χ4v) is 3.21. The molecule has 1 aliphatic rings. The summed E-state index contributed by atoms with van der Waals surface area (Å²) in [6.07, 6.45) is 5.19. The van der Waals surface area contributed by atoms with Crippen molar-refractivity contribution < 1.29 is 4.79 Å². The first kappa shape index (κ1) is 15.9. The third kappa shape index (κ3) is 4.23. The van der Waals surface area contributed by atoms with Gasteiger partial charge in [0.1, 0.15) is 0 Å². The molecule has 3 heteroatoms. The number of anilines is 1. The van der Waals surface area contributed by atoms with Gasteiger partial charge in [0.05, 0.1) is 5.56 Å². The van der Waals surface area contributed by atoms with E-state index in [9.17, 15) is 4.79 Å². The summed E-state index contributed by atoms with van der Waals surface area (Å²) in [7, 11) is 0. The van der Waals surface area contributed by atoms with E-state index in [0.29, 0.717) is 5.92 Å². The molecule has 0 aromatic heterocycles. The highest BCUT2D eigenvalue weighted by Gasteiger charge is 2.22. The normalized spacial score (nSPS) is 21.9. The zero-order valence-corrected chi connectivity index (χ0v) is 13.5. The number of hydrogen-bond donors (Lipinski definition) is 2. The van der Waals surface area contributed by atoms with Crippen LogP contribution in [0.2, 0.25) is 0 Å². The van der Waals surface area contributed by atoms with Crippen LogP contribution in [0.15, 0.2) is 18.2 Å². The summed E-state index contributed by atoms with van der Waals surface area (Å²) >= 11 is 0. The average molecular weight is 288 g/mol. The largest absolute Gasteiger partial charge is 0.385 e. The van der Waals surface area contributed by atoms with Crippen LogP contribution >= 0.6 is 0 Å². The number of hydrogen-bond acceptors (Lipinski definition) is 2. The Balaban J connectivity index is 2.00. The highest BCUT2D eigenvalue weighted by atomic mass is 16.1. The molecule has 116 valence electrons. The van der Waals surface area contributed by atoms with Crippen LogP contribution in [0.3, 0.4) is 0 Å². The monoisotopic (exact) mass is 288 g/mol. The van der Waals surface area contributed by atoms with E-state index in [0.717, 1.165) is 35.8 Å². The summed E-state index contributed by atoms with van der Waals surface area (Å²) < 4.78 is 0. The number of carbonyl (C=O) groups is 1. The lowest BCUT2D eigenvalue weighted by molar-refractivity contribution is 0.0937. The fourth-order valence-electron chi connectivity index (χ4n) is 3.21. The highest BCUT2D eigenvalue weighted by molar-refractivity contribution is 5.99. The van der Waals surface area contributed by atoms with E-state index in [-0.39, 0.29) is 5.91 Å². The lowest BCUT2D eigenvalue weighted by atomic mass is 9.80. The van der Waals surface area contributed by atoms with E-state index < -0.39 is 0 Å². The van der Waals surface area contributed by atoms with Crippen LogP contribution in [0.1, 0.15) is 55.5 Å². The number of amides is 1. The van der Waals surface area contributed by atoms with Crippen LogP contribution in [0.5, 0.6) is 0 Å². The molecule has 1 amide bonds. The van der Waals surface area contributed by atoms with Crippen molar-refractivity contribution in [1.29, 1.82) is 0 Å². The second-order valence-electron chi connectivity index (χ2n) is 6.31. The molecule has 2 rings (SSSR count). The molecule has 1 saturated carbocycles. The van der Waals surface area contributed by atoms with Gasteiger partial charge in [-0.3, -0.25) is 4.79 Å². The van der Waals surface area contributed by atoms with Crippen LogP contribution in [-0.2, 0) is 0 Å². The molecule has 0 radical (unpaired) electrons. The lowest BCUT2D eigenvalue weighted by Gasteiger charge is -2.28. The van der Waals surface area contributed by atoms with E-state index in [1.807, 2.05) is 32.0 Å². The predicted octanol–water partition coefficient (Wildman–Crippen LogP) is 3.98. The van der Waals surface area contributed by atoms with E-state index in [1.54, 1.807) is 0 Å². The first-order valence-electron chi connectivity index (χ1n) is 8.24. The van der Waals surface area contributed by atoms with Crippen molar-refractivity contribution in [3.63, 3.8) is 0 Å². The number of aryl methyl sites for hydroxylation is 1. The Morgan fingerprint density at radius 1 is 1.29 bits per heavy atom. The van der Waals surface area contributed by atoms with E-state index in [4.69, 9.17) is 0 Å². The van der Waals surface area contributed by atoms with Gasteiger partial charge in [0.2, 0.25) is 0 Å². The summed E-state index contributed by atoms with van der Waals surface area (Å²) in [5, 5.41) is 6.42. The third-order valence-corrected chi connectivity index (χ3v) is 4.60. The topological polar surface area (TPSA) is 41.1 Å². The number of nitrogens with one attached hydrogen (secondary N) is 2. The maximum Gasteiger partial charge on any atom is 0.253 e. The standard InChI is InChI=1S/C18H28N2O/c1-4-19-17-10-9-13(2)11-16(17)18(21)20-12-15-8-6-5-7-14(15)3/h9-11,14-15,19H,4-8,12H2,1-3H3,(H,20,21). The predicted molar refractivity (Wildman–Crippen MR) is 88.8 cm³/mol. The van der Waals surface area contributed by atoms with Gasteiger partial charge >= 0.3 is 0 Å². The first-order chi connectivity index (χ1) is 10.1. The zero-order chi connectivity index (χ0) is 15.2. The van der Waals surface area contributed by atoms with E-state index >= 15 is 0 Å². The van der Waals surface area contributed by atoms with Crippen molar-refractivity contribution in [2.75, 3.05) is 18.4 Å². The summed E-state index contributed by atoms with van der Waals surface area (Å²) in [4.78, 5) is 12.5. The molecule has 1 fully saturated rings. The van der Waals surface area contributed by atoms with E-state index in [1.165, 1.54) is 25.7 Å². The minimum Gasteiger partial charge on any atom is -0.385 e. The van der Waals surface area contributed by atoms with Crippen molar-refractivity contribution in [2.45, 2.75) is 46.5 Å². The molecule has 2 unspecified atom stereocenters. The minimum atomic E-state index is 0.0485. The first-order valence-corrected chi connectivity index (χ1v) is 8.24. The van der Waals surface area contributed by atoms with Crippen LogP contribution in [0.25, 0.3) is 0 Å². The zero-order valence-electron chi connectivity index (χ0n) is 13.5. The molecular weight excluding hydrogens is 260 g/mol. The molecule has 0 saturated heterocycles. The van der Waals surface area contributed by atoms with Gasteiger partial charge in [-0.25, -0.2) is 0 Å². The van der Waals surface area contributed by atoms with Crippen molar-refractivity contribution in [2.24, 2.45) is 11.8 Å². The molecule has 1 aliphatic carbocycles. The van der Waals surface area contributed by atoms with Crippen LogP contribution in [0.4, 0.5) is 5.69 Å². The summed E-state index contributed by atoms with van der Waals surface area (Å²) in [5.41, 5.74) is 2.81. The van der Waals surface area contributed by atoms with Gasteiger partial charge in [0.15, 0.2) is 0 Å². The van der Waals surface area contributed by atoms with Crippen molar-refractivity contribution in [1.82, 2.24) is 5.32 Å². The van der Waals surface area contributed by atoms with Gasteiger partial charge in [-0.15, -0.1) is 0 Å². The molecule has 21 heavy (non-hydrogen) atoms. The third-order valence-electron chi connectivity index (χ3n) is 4.60. The Hall–Kier alpha value is -1.51. The van der Waals surface area contributed by atoms with Crippen LogP contribution in [-0.4, -0.2) is 19.0 Å². The molecule has 3 nitrogen and oxygen atoms in total. The van der Waals surface area contributed by atoms with Gasteiger partial charge < -0.3 is 10.6 Å². The van der Waals surface area contributed by atoms with Gasteiger partial charge in [-0.1, -0.05) is 37.8 Å². The second-order valence-corrected chi connectivity index (χ2v) is 6.31. The number of benzene rings is 1. The molecule has 0 spiro atoms. The maximum atomic E-state index is 12.5. The molecule has 1 aromatic carbocycles. The van der Waals surface area contributed by atoms with Gasteiger partial charge in [-0.05, 0) is 44.2 Å². The van der Waals surface area contributed by atoms with Crippen LogP contribution < -0.4 is 10.6 Å². The van der Waals surface area contributed by atoms with E-state index in [2.05, 4.69) is 17.6 Å². The van der Waals surface area contributed by atoms with Gasteiger partial charge in [0, 0.05) is 18.8 Å². The quantitative estimate of drug-likeness (QED) is 0.860. The van der Waals surface area contributed by atoms with Gasteiger partial charge in [-0.2, -0.15) is 0 Å². The Morgan fingerprint density at radius 3 is 2.76 bits per heavy atom. The Bertz CT molecular complexity index is 484. The maximum absolute atomic E-state index is 12.5. The lowest BCUT2D eigenvalue weighted by Crippen LogP contribution is -2.33. The van der Waals surface area contributed by atoms with Crippen molar-refractivity contribution in [3.05, 3.63) is 29.3 Å². The average Bonchev–Trinajstić information content (AvgIpc) is 2.48. The molecule has 0 heterocycles.